The highest BCUT2D eigenvalue weighted by Crippen LogP contribution is 2.44. The Kier molecular flexibility index (Phi) is 5.47. The molecule has 0 saturated carbocycles. The molecule has 1 aliphatic rings. The monoisotopic (exact) mass is 454 g/mol. The van der Waals surface area contributed by atoms with Crippen LogP contribution in [-0.4, -0.2) is 39.4 Å². The number of aromatic amines is 1. The number of carbonyl (C=O) groups excluding carboxylic acids is 3. The van der Waals surface area contributed by atoms with Gasteiger partial charge in [0.1, 0.15) is 23.3 Å². The van der Waals surface area contributed by atoms with Crippen molar-refractivity contribution in [3.8, 4) is 0 Å². The Morgan fingerprint density at radius 3 is 2.69 bits per heavy atom. The molecule has 1 unspecified atom stereocenters. The third-order valence-electron chi connectivity index (χ3n) is 5.36. The summed E-state index contributed by atoms with van der Waals surface area (Å²) in [5.41, 5.74) is 1.54. The number of aromatic nitrogens is 2. The Hall–Kier alpha value is -3.66. The van der Waals surface area contributed by atoms with Gasteiger partial charge in [-0.1, -0.05) is 11.2 Å². The van der Waals surface area contributed by atoms with Crippen LogP contribution in [0.4, 0.5) is 5.82 Å². The molecule has 1 atom stereocenters. The van der Waals surface area contributed by atoms with Crippen LogP contribution in [0.1, 0.15) is 50.9 Å². The number of aryl methyl sites for hydroxylation is 2. The van der Waals surface area contributed by atoms with Gasteiger partial charge in [-0.2, -0.15) is 0 Å². The van der Waals surface area contributed by atoms with Gasteiger partial charge in [0.15, 0.2) is 5.82 Å². The van der Waals surface area contributed by atoms with Gasteiger partial charge in [-0.3, -0.25) is 19.3 Å². The fourth-order valence-electron chi connectivity index (χ4n) is 3.97. The SMILES string of the molecule is CCNC(=O)c1[nH]c(C)c(/C(O)=C2\C(=O)C(=O)N(c3cc(C)on3)C2c2cccs2)c1C. The number of thiophene rings is 1. The van der Waals surface area contributed by atoms with Crippen LogP contribution in [0.15, 0.2) is 33.7 Å². The van der Waals surface area contributed by atoms with E-state index >= 15 is 0 Å². The van der Waals surface area contributed by atoms with Gasteiger partial charge in [0.2, 0.25) is 0 Å². The van der Waals surface area contributed by atoms with Gasteiger partial charge >= 0.3 is 5.91 Å². The number of nitrogens with zero attached hydrogens (tertiary/aromatic N) is 2. The van der Waals surface area contributed by atoms with E-state index in [-0.39, 0.29) is 23.1 Å². The van der Waals surface area contributed by atoms with Gasteiger partial charge in [0, 0.05) is 28.7 Å². The highest BCUT2D eigenvalue weighted by molar-refractivity contribution is 7.10. The average Bonchev–Trinajstić information content (AvgIpc) is 3.51. The topological polar surface area (TPSA) is 129 Å². The number of rotatable bonds is 5. The van der Waals surface area contributed by atoms with E-state index in [2.05, 4.69) is 15.5 Å². The smallest absolute Gasteiger partial charge is 0.301 e. The van der Waals surface area contributed by atoms with Crippen LogP contribution >= 0.6 is 11.3 Å². The largest absolute Gasteiger partial charge is 0.507 e. The summed E-state index contributed by atoms with van der Waals surface area (Å²) in [6, 6.07) is 4.27. The minimum absolute atomic E-state index is 0.0641. The van der Waals surface area contributed by atoms with Crippen molar-refractivity contribution in [2.45, 2.75) is 33.7 Å². The second-order valence-electron chi connectivity index (χ2n) is 7.46. The fraction of sp³-hybridized carbons (Fsp3) is 0.273. The number of hydrogen-bond donors (Lipinski definition) is 3. The van der Waals surface area contributed by atoms with Crippen molar-refractivity contribution in [3.63, 3.8) is 0 Å². The average molecular weight is 455 g/mol. The molecule has 3 aromatic heterocycles. The zero-order valence-corrected chi connectivity index (χ0v) is 18.8. The first-order chi connectivity index (χ1) is 15.3. The predicted octanol–water partition coefficient (Wildman–Crippen LogP) is 3.37. The Morgan fingerprint density at radius 2 is 2.09 bits per heavy atom. The van der Waals surface area contributed by atoms with Crippen LogP contribution in [0.25, 0.3) is 5.76 Å². The number of H-pyrrole nitrogens is 1. The molecule has 0 aromatic carbocycles. The Bertz CT molecular complexity index is 1250. The van der Waals surface area contributed by atoms with Gasteiger partial charge in [-0.15, -0.1) is 11.3 Å². The second-order valence-corrected chi connectivity index (χ2v) is 8.44. The molecule has 166 valence electrons. The first-order valence-corrected chi connectivity index (χ1v) is 10.9. The molecule has 1 aliphatic heterocycles. The normalized spacial score (nSPS) is 17.9. The van der Waals surface area contributed by atoms with E-state index in [1.165, 1.54) is 16.2 Å². The molecule has 1 fully saturated rings. The van der Waals surface area contributed by atoms with Crippen molar-refractivity contribution in [3.05, 3.63) is 62.3 Å². The standard InChI is InChI=1S/C22H22N4O5S/c1-5-23-21(29)17-11(3)15(12(4)24-17)19(27)16-18(13-7-6-8-32-13)26(22(30)20(16)28)14-9-10(2)31-25-14/h6-9,18,24,27H,5H2,1-4H3,(H,23,29)/b19-16+. The summed E-state index contributed by atoms with van der Waals surface area (Å²) >= 11 is 1.35. The van der Waals surface area contributed by atoms with Crippen molar-refractivity contribution < 1.29 is 24.0 Å². The summed E-state index contributed by atoms with van der Waals surface area (Å²) in [4.78, 5) is 43.4. The van der Waals surface area contributed by atoms with Gasteiger partial charge in [0.05, 0.1) is 5.57 Å². The van der Waals surface area contributed by atoms with Crippen molar-refractivity contribution >= 4 is 40.5 Å². The van der Waals surface area contributed by atoms with Gasteiger partial charge in [0.25, 0.3) is 11.7 Å². The van der Waals surface area contributed by atoms with E-state index < -0.39 is 17.7 Å². The Morgan fingerprint density at radius 1 is 1.34 bits per heavy atom. The van der Waals surface area contributed by atoms with Gasteiger partial charge in [-0.05, 0) is 44.7 Å². The zero-order valence-electron chi connectivity index (χ0n) is 18.0. The number of anilines is 1. The molecule has 3 N–H and O–H groups in total. The molecule has 4 rings (SSSR count). The molecule has 4 heterocycles. The predicted molar refractivity (Wildman–Crippen MR) is 119 cm³/mol. The van der Waals surface area contributed by atoms with E-state index in [0.29, 0.717) is 39.7 Å². The minimum atomic E-state index is -0.874. The van der Waals surface area contributed by atoms with Gasteiger partial charge < -0.3 is 19.9 Å². The molecule has 0 spiro atoms. The lowest BCUT2D eigenvalue weighted by Gasteiger charge is -2.21. The summed E-state index contributed by atoms with van der Waals surface area (Å²) in [6.07, 6.45) is 0. The number of nitrogens with one attached hydrogen (secondary N) is 2. The number of Topliss-reactive ketones (excluding diaryl/α,β-unsaturated/α-hetero) is 1. The molecule has 2 amide bonds. The Labute approximate surface area is 187 Å². The van der Waals surface area contributed by atoms with Crippen LogP contribution in [0.3, 0.4) is 0 Å². The fourth-order valence-corrected chi connectivity index (χ4v) is 4.79. The van der Waals surface area contributed by atoms with E-state index in [4.69, 9.17) is 4.52 Å². The molecule has 0 radical (unpaired) electrons. The summed E-state index contributed by atoms with van der Waals surface area (Å²) < 4.78 is 5.12. The highest BCUT2D eigenvalue weighted by atomic mass is 32.1. The van der Waals surface area contributed by atoms with Crippen molar-refractivity contribution in [2.24, 2.45) is 0 Å². The van der Waals surface area contributed by atoms with Crippen LogP contribution in [0.2, 0.25) is 0 Å². The summed E-state index contributed by atoms with van der Waals surface area (Å²) in [7, 11) is 0. The van der Waals surface area contributed by atoms with E-state index in [0.717, 1.165) is 0 Å². The van der Waals surface area contributed by atoms with Crippen LogP contribution in [0, 0.1) is 20.8 Å². The molecule has 0 bridgehead atoms. The molecule has 10 heteroatoms. The molecular formula is C22H22N4O5S. The first-order valence-electron chi connectivity index (χ1n) is 10.0. The molecule has 3 aromatic rings. The summed E-state index contributed by atoms with van der Waals surface area (Å²) in [5, 5.41) is 19.8. The number of amides is 2. The maximum atomic E-state index is 13.1. The quantitative estimate of drug-likeness (QED) is 0.308. The molecular weight excluding hydrogens is 432 g/mol. The summed E-state index contributed by atoms with van der Waals surface area (Å²) in [6.45, 7) is 7.31. The van der Waals surface area contributed by atoms with E-state index in [1.807, 2.05) is 5.38 Å². The number of aliphatic hydroxyl groups excluding tert-OH is 1. The highest BCUT2D eigenvalue weighted by Gasteiger charge is 2.49. The first kappa shape index (κ1) is 21.6. The summed E-state index contributed by atoms with van der Waals surface area (Å²) in [5.74, 6) is -1.63. The maximum Gasteiger partial charge on any atom is 0.301 e. The minimum Gasteiger partial charge on any atom is -0.507 e. The van der Waals surface area contributed by atoms with E-state index in [1.54, 1.807) is 45.9 Å². The molecule has 32 heavy (non-hydrogen) atoms. The lowest BCUT2D eigenvalue weighted by Crippen LogP contribution is -2.29. The van der Waals surface area contributed by atoms with E-state index in [9.17, 15) is 19.5 Å². The third-order valence-corrected chi connectivity index (χ3v) is 6.28. The van der Waals surface area contributed by atoms with Crippen molar-refractivity contribution in [2.75, 3.05) is 11.4 Å². The number of hydrogen-bond acceptors (Lipinski definition) is 7. The van der Waals surface area contributed by atoms with Crippen LogP contribution in [0.5, 0.6) is 0 Å². The lowest BCUT2D eigenvalue weighted by molar-refractivity contribution is -0.132. The van der Waals surface area contributed by atoms with Gasteiger partial charge in [-0.25, -0.2) is 0 Å². The van der Waals surface area contributed by atoms with Crippen LogP contribution < -0.4 is 10.2 Å². The molecule has 1 saturated heterocycles. The third kappa shape index (κ3) is 3.32. The molecule has 9 nitrogen and oxygen atoms in total. The molecule has 0 aliphatic carbocycles. The number of carbonyl (C=O) groups is 3. The number of ketones is 1. The lowest BCUT2D eigenvalue weighted by atomic mass is 9.97. The van der Waals surface area contributed by atoms with Crippen molar-refractivity contribution in [1.29, 1.82) is 0 Å². The second kappa shape index (κ2) is 8.12. The maximum absolute atomic E-state index is 13.1. The Balaban J connectivity index is 1.92. The van der Waals surface area contributed by atoms with Crippen LogP contribution in [-0.2, 0) is 9.59 Å². The van der Waals surface area contributed by atoms with Crippen molar-refractivity contribution in [1.82, 2.24) is 15.5 Å². The number of aliphatic hydroxyl groups is 1. The zero-order chi connectivity index (χ0) is 23.2.